The predicted molar refractivity (Wildman–Crippen MR) is 69.6 cm³/mol. The highest BCUT2D eigenvalue weighted by Crippen LogP contribution is 2.22. The summed E-state index contributed by atoms with van der Waals surface area (Å²) in [6.45, 7) is 2.72. The number of anilines is 1. The Hall–Kier alpha value is -1.33. The van der Waals surface area contributed by atoms with Crippen molar-refractivity contribution in [2.45, 2.75) is 19.8 Å². The third kappa shape index (κ3) is 4.58. The van der Waals surface area contributed by atoms with Crippen molar-refractivity contribution in [1.82, 2.24) is 5.43 Å². The molecule has 17 heavy (non-hydrogen) atoms. The van der Waals surface area contributed by atoms with Crippen molar-refractivity contribution in [3.8, 4) is 0 Å². The molecule has 4 N–H and O–H groups in total. The first-order chi connectivity index (χ1) is 8.17. The van der Waals surface area contributed by atoms with Gasteiger partial charge in [0.05, 0.1) is 10.7 Å². The number of halogens is 2. The fourth-order valence-corrected chi connectivity index (χ4v) is 1.36. The van der Waals surface area contributed by atoms with Gasteiger partial charge in [-0.05, 0) is 24.6 Å². The Morgan fingerprint density at radius 3 is 2.94 bits per heavy atom. The Kier molecular flexibility index (Phi) is 5.72. The summed E-state index contributed by atoms with van der Waals surface area (Å²) in [6, 6.07) is 4.05. The van der Waals surface area contributed by atoms with E-state index >= 15 is 0 Å². The normalized spacial score (nSPS) is 11.4. The van der Waals surface area contributed by atoms with Gasteiger partial charge in [-0.3, -0.25) is 10.4 Å². The molecule has 4 nitrogen and oxygen atoms in total. The molecule has 0 saturated carbocycles. The fourth-order valence-electron chi connectivity index (χ4n) is 1.19. The summed E-state index contributed by atoms with van der Waals surface area (Å²) in [6.07, 6.45) is 2.01. The number of nitrogens with two attached hydrogens (primary N) is 1. The highest BCUT2D eigenvalue weighted by Gasteiger charge is 2.04. The van der Waals surface area contributed by atoms with Crippen molar-refractivity contribution in [1.29, 1.82) is 0 Å². The Morgan fingerprint density at radius 2 is 2.29 bits per heavy atom. The SMILES string of the molecule is CCCCN=C(NN)Nc1cc(F)ccc1Cl. The smallest absolute Gasteiger partial charge is 0.210 e. The minimum atomic E-state index is -0.373. The second-order valence-corrected chi connectivity index (χ2v) is 3.88. The van der Waals surface area contributed by atoms with E-state index in [9.17, 15) is 4.39 Å². The second kappa shape index (κ2) is 7.09. The zero-order chi connectivity index (χ0) is 12.7. The van der Waals surface area contributed by atoms with Crippen molar-refractivity contribution < 1.29 is 4.39 Å². The van der Waals surface area contributed by atoms with Crippen molar-refractivity contribution in [3.05, 3.63) is 29.0 Å². The van der Waals surface area contributed by atoms with E-state index in [1.807, 2.05) is 0 Å². The van der Waals surface area contributed by atoms with Crippen molar-refractivity contribution >= 4 is 23.2 Å². The number of guanidine groups is 1. The summed E-state index contributed by atoms with van der Waals surface area (Å²) < 4.78 is 13.0. The van der Waals surface area contributed by atoms with E-state index in [-0.39, 0.29) is 5.82 Å². The molecule has 0 unspecified atom stereocenters. The first kappa shape index (κ1) is 13.7. The number of unbranched alkanes of at least 4 members (excludes halogenated alkanes) is 1. The first-order valence-corrected chi connectivity index (χ1v) is 5.78. The molecule has 1 aromatic carbocycles. The van der Waals surface area contributed by atoms with Crippen LogP contribution in [0, 0.1) is 5.82 Å². The van der Waals surface area contributed by atoms with E-state index in [0.29, 0.717) is 23.2 Å². The van der Waals surface area contributed by atoms with Crippen LogP contribution >= 0.6 is 11.6 Å². The van der Waals surface area contributed by atoms with Crippen LogP contribution in [0.1, 0.15) is 19.8 Å². The number of aliphatic imine (C=N–C) groups is 1. The van der Waals surface area contributed by atoms with E-state index in [1.165, 1.54) is 18.2 Å². The zero-order valence-electron chi connectivity index (χ0n) is 9.63. The van der Waals surface area contributed by atoms with Crippen molar-refractivity contribution in [2.75, 3.05) is 11.9 Å². The monoisotopic (exact) mass is 258 g/mol. The number of hydrazine groups is 1. The minimum absolute atomic E-state index is 0.367. The van der Waals surface area contributed by atoms with Gasteiger partial charge >= 0.3 is 0 Å². The van der Waals surface area contributed by atoms with Crippen LogP contribution in [0.2, 0.25) is 5.02 Å². The van der Waals surface area contributed by atoms with Gasteiger partial charge in [0.1, 0.15) is 5.82 Å². The molecule has 0 bridgehead atoms. The molecule has 0 atom stereocenters. The van der Waals surface area contributed by atoms with Crippen LogP contribution in [0.15, 0.2) is 23.2 Å². The third-order valence-electron chi connectivity index (χ3n) is 2.10. The summed E-state index contributed by atoms with van der Waals surface area (Å²) >= 11 is 5.91. The molecule has 0 heterocycles. The molecule has 6 heteroatoms. The number of nitrogens with one attached hydrogen (secondary N) is 2. The topological polar surface area (TPSA) is 62.4 Å². The molecule has 0 aliphatic rings. The van der Waals surface area contributed by atoms with Crippen LogP contribution < -0.4 is 16.6 Å². The maximum atomic E-state index is 13.0. The van der Waals surface area contributed by atoms with Gasteiger partial charge in [-0.25, -0.2) is 10.2 Å². The molecular formula is C11H16ClFN4. The van der Waals surface area contributed by atoms with Crippen LogP contribution in [0.5, 0.6) is 0 Å². The van der Waals surface area contributed by atoms with Crippen LogP contribution in [0.4, 0.5) is 10.1 Å². The average Bonchev–Trinajstić information content (AvgIpc) is 2.32. The summed E-state index contributed by atoms with van der Waals surface area (Å²) in [5.74, 6) is 5.30. The summed E-state index contributed by atoms with van der Waals surface area (Å²) in [5.41, 5.74) is 2.84. The molecule has 0 radical (unpaired) electrons. The molecule has 0 aliphatic carbocycles. The molecule has 0 saturated heterocycles. The standard InChI is InChI=1S/C11H16ClFN4/c1-2-3-6-15-11(17-14)16-10-7-8(13)4-5-9(10)12/h4-5,7H,2-3,6,14H2,1H3,(H2,15,16,17). The molecular weight excluding hydrogens is 243 g/mol. The van der Waals surface area contributed by atoms with Gasteiger partial charge in [0.2, 0.25) is 5.96 Å². The van der Waals surface area contributed by atoms with E-state index in [0.717, 1.165) is 12.8 Å². The Morgan fingerprint density at radius 1 is 1.53 bits per heavy atom. The maximum absolute atomic E-state index is 13.0. The van der Waals surface area contributed by atoms with Gasteiger partial charge in [0.25, 0.3) is 0 Å². The number of benzene rings is 1. The molecule has 0 spiro atoms. The lowest BCUT2D eigenvalue weighted by Crippen LogP contribution is -2.36. The summed E-state index contributed by atoms with van der Waals surface area (Å²) in [7, 11) is 0. The van der Waals surface area contributed by atoms with Crippen molar-refractivity contribution in [3.63, 3.8) is 0 Å². The minimum Gasteiger partial charge on any atom is -0.324 e. The molecule has 1 rings (SSSR count). The van der Waals surface area contributed by atoms with Gasteiger partial charge < -0.3 is 5.32 Å². The van der Waals surface area contributed by atoms with E-state index in [4.69, 9.17) is 17.4 Å². The molecule has 0 fully saturated rings. The van der Waals surface area contributed by atoms with Crippen LogP contribution in [-0.2, 0) is 0 Å². The van der Waals surface area contributed by atoms with Crippen molar-refractivity contribution in [2.24, 2.45) is 10.8 Å². The largest absolute Gasteiger partial charge is 0.324 e. The Labute approximate surface area is 105 Å². The number of nitrogens with zero attached hydrogens (tertiary/aromatic N) is 1. The van der Waals surface area contributed by atoms with Gasteiger partial charge in [0.15, 0.2) is 0 Å². The van der Waals surface area contributed by atoms with Gasteiger partial charge in [0, 0.05) is 6.54 Å². The van der Waals surface area contributed by atoms with Gasteiger partial charge in [-0.2, -0.15) is 0 Å². The average molecular weight is 259 g/mol. The quantitative estimate of drug-likeness (QED) is 0.256. The fraction of sp³-hybridized carbons (Fsp3) is 0.364. The molecule has 0 amide bonds. The lowest BCUT2D eigenvalue weighted by molar-refractivity contribution is 0.628. The lowest BCUT2D eigenvalue weighted by atomic mass is 10.3. The predicted octanol–water partition coefficient (Wildman–Crippen LogP) is 2.51. The van der Waals surface area contributed by atoms with Crippen LogP contribution in [-0.4, -0.2) is 12.5 Å². The first-order valence-electron chi connectivity index (χ1n) is 5.40. The van der Waals surface area contributed by atoms with Gasteiger partial charge in [-0.15, -0.1) is 0 Å². The molecule has 0 aromatic heterocycles. The lowest BCUT2D eigenvalue weighted by Gasteiger charge is -2.10. The number of hydrogen-bond donors (Lipinski definition) is 3. The Bertz CT molecular complexity index is 395. The van der Waals surface area contributed by atoms with E-state index in [1.54, 1.807) is 0 Å². The zero-order valence-corrected chi connectivity index (χ0v) is 10.4. The molecule has 94 valence electrons. The summed E-state index contributed by atoms with van der Waals surface area (Å²) in [5, 5.41) is 3.25. The summed E-state index contributed by atoms with van der Waals surface area (Å²) in [4.78, 5) is 4.19. The molecule has 0 aliphatic heterocycles. The number of rotatable bonds is 4. The van der Waals surface area contributed by atoms with Crippen LogP contribution in [0.25, 0.3) is 0 Å². The third-order valence-corrected chi connectivity index (χ3v) is 2.43. The second-order valence-electron chi connectivity index (χ2n) is 3.48. The molecule has 1 aromatic rings. The van der Waals surface area contributed by atoms with E-state index in [2.05, 4.69) is 22.7 Å². The van der Waals surface area contributed by atoms with Crippen LogP contribution in [0.3, 0.4) is 0 Å². The number of hydrogen-bond acceptors (Lipinski definition) is 2. The maximum Gasteiger partial charge on any atom is 0.210 e. The van der Waals surface area contributed by atoms with E-state index < -0.39 is 0 Å². The highest BCUT2D eigenvalue weighted by atomic mass is 35.5. The Balaban J connectivity index is 2.73. The highest BCUT2D eigenvalue weighted by molar-refractivity contribution is 6.33. The van der Waals surface area contributed by atoms with Gasteiger partial charge in [-0.1, -0.05) is 24.9 Å².